The molecule has 0 spiro atoms. The van der Waals surface area contributed by atoms with Crippen LogP contribution in [0.25, 0.3) is 0 Å². The lowest BCUT2D eigenvalue weighted by Crippen LogP contribution is -2.25. The highest BCUT2D eigenvalue weighted by molar-refractivity contribution is 4.55. The van der Waals surface area contributed by atoms with Gasteiger partial charge >= 0.3 is 0 Å². The molecule has 0 aliphatic carbocycles. The molecule has 0 aromatic carbocycles. The Morgan fingerprint density at radius 2 is 1.73 bits per heavy atom. The van der Waals surface area contributed by atoms with Crippen molar-refractivity contribution in [2.75, 3.05) is 39.5 Å². The summed E-state index contributed by atoms with van der Waals surface area (Å²) in [6.45, 7) is 11.8. The number of hydrogen-bond acceptors (Lipinski definition) is 3. The third kappa shape index (κ3) is 11.8. The van der Waals surface area contributed by atoms with Crippen molar-refractivity contribution in [3.05, 3.63) is 0 Å². The molecular formula is C12H27NO2. The van der Waals surface area contributed by atoms with E-state index < -0.39 is 0 Å². The van der Waals surface area contributed by atoms with Crippen LogP contribution in [-0.4, -0.2) is 39.5 Å². The second kappa shape index (κ2) is 12.0. The van der Waals surface area contributed by atoms with Gasteiger partial charge in [-0.25, -0.2) is 0 Å². The third-order valence-corrected chi connectivity index (χ3v) is 2.04. The zero-order chi connectivity index (χ0) is 11.4. The van der Waals surface area contributed by atoms with Crippen molar-refractivity contribution in [3.8, 4) is 0 Å². The van der Waals surface area contributed by atoms with E-state index in [-0.39, 0.29) is 0 Å². The number of ether oxygens (including phenoxy) is 2. The highest BCUT2D eigenvalue weighted by atomic mass is 16.5. The van der Waals surface area contributed by atoms with Crippen LogP contribution in [0, 0.1) is 5.92 Å². The molecule has 0 fully saturated rings. The Bertz CT molecular complexity index is 120. The molecule has 1 N–H and O–H groups in total. The molecule has 1 atom stereocenters. The van der Waals surface area contributed by atoms with Crippen LogP contribution >= 0.6 is 0 Å². The van der Waals surface area contributed by atoms with E-state index in [4.69, 9.17) is 9.47 Å². The smallest absolute Gasteiger partial charge is 0.0700 e. The number of hydrogen-bond donors (Lipinski definition) is 1. The minimum atomic E-state index is 0.586. The van der Waals surface area contributed by atoms with Crippen molar-refractivity contribution in [3.63, 3.8) is 0 Å². The molecule has 0 amide bonds. The average molecular weight is 217 g/mol. The zero-order valence-corrected chi connectivity index (χ0v) is 10.6. The van der Waals surface area contributed by atoms with Crippen LogP contribution in [0.15, 0.2) is 0 Å². The Hall–Kier alpha value is -0.120. The molecule has 15 heavy (non-hydrogen) atoms. The van der Waals surface area contributed by atoms with E-state index >= 15 is 0 Å². The summed E-state index contributed by atoms with van der Waals surface area (Å²) in [5.74, 6) is 0.586. The van der Waals surface area contributed by atoms with E-state index in [9.17, 15) is 0 Å². The molecule has 0 aromatic rings. The second-order valence-electron chi connectivity index (χ2n) is 4.00. The van der Waals surface area contributed by atoms with Crippen molar-refractivity contribution < 1.29 is 9.47 Å². The van der Waals surface area contributed by atoms with Crippen LogP contribution in [0.4, 0.5) is 0 Å². The maximum atomic E-state index is 5.51. The monoisotopic (exact) mass is 217 g/mol. The lowest BCUT2D eigenvalue weighted by Gasteiger charge is -2.12. The van der Waals surface area contributed by atoms with Crippen molar-refractivity contribution in [2.45, 2.75) is 33.6 Å². The van der Waals surface area contributed by atoms with E-state index in [1.54, 1.807) is 0 Å². The van der Waals surface area contributed by atoms with Gasteiger partial charge in [0.2, 0.25) is 0 Å². The lowest BCUT2D eigenvalue weighted by molar-refractivity contribution is 0.0359. The first-order valence-corrected chi connectivity index (χ1v) is 6.17. The van der Waals surface area contributed by atoms with Crippen LogP contribution in [0.5, 0.6) is 0 Å². The zero-order valence-electron chi connectivity index (χ0n) is 10.6. The molecule has 0 aliphatic rings. The minimum Gasteiger partial charge on any atom is -0.379 e. The molecule has 0 aliphatic heterocycles. The second-order valence-corrected chi connectivity index (χ2v) is 4.00. The fourth-order valence-electron chi connectivity index (χ4n) is 1.23. The molecule has 92 valence electrons. The first-order valence-electron chi connectivity index (χ1n) is 6.17. The maximum absolute atomic E-state index is 5.51. The highest BCUT2D eigenvalue weighted by Crippen LogP contribution is 1.94. The average Bonchev–Trinajstić information content (AvgIpc) is 2.23. The molecule has 3 heteroatoms. The van der Waals surface area contributed by atoms with Gasteiger partial charge in [0.1, 0.15) is 0 Å². The van der Waals surface area contributed by atoms with E-state index in [0.717, 1.165) is 45.9 Å². The van der Waals surface area contributed by atoms with Gasteiger partial charge < -0.3 is 14.8 Å². The minimum absolute atomic E-state index is 0.586. The fraction of sp³-hybridized carbons (Fsp3) is 1.00. The third-order valence-electron chi connectivity index (χ3n) is 2.04. The summed E-state index contributed by atoms with van der Waals surface area (Å²) < 4.78 is 10.8. The predicted octanol–water partition coefficient (Wildman–Crippen LogP) is 2.07. The van der Waals surface area contributed by atoms with E-state index in [1.807, 2.05) is 0 Å². The van der Waals surface area contributed by atoms with Crippen molar-refractivity contribution in [2.24, 2.45) is 5.92 Å². The van der Waals surface area contributed by atoms with E-state index in [1.165, 1.54) is 6.42 Å². The topological polar surface area (TPSA) is 30.5 Å². The summed E-state index contributed by atoms with van der Waals surface area (Å²) >= 11 is 0. The fourth-order valence-corrected chi connectivity index (χ4v) is 1.23. The molecule has 0 bridgehead atoms. The maximum Gasteiger partial charge on any atom is 0.0700 e. The lowest BCUT2D eigenvalue weighted by atomic mass is 10.2. The van der Waals surface area contributed by atoms with Crippen LogP contribution in [-0.2, 0) is 9.47 Å². The molecule has 0 saturated carbocycles. The molecule has 0 radical (unpaired) electrons. The Balaban J connectivity index is 3.06. The molecule has 3 nitrogen and oxygen atoms in total. The Morgan fingerprint density at radius 3 is 2.40 bits per heavy atom. The summed E-state index contributed by atoms with van der Waals surface area (Å²) in [7, 11) is 0. The molecule has 0 heterocycles. The molecule has 0 aromatic heterocycles. The summed E-state index contributed by atoms with van der Waals surface area (Å²) in [6.07, 6.45) is 2.27. The van der Waals surface area contributed by atoms with Gasteiger partial charge in [0.25, 0.3) is 0 Å². The largest absolute Gasteiger partial charge is 0.379 e. The van der Waals surface area contributed by atoms with Crippen molar-refractivity contribution in [1.82, 2.24) is 5.32 Å². The molecular weight excluding hydrogens is 190 g/mol. The quantitative estimate of drug-likeness (QED) is 0.537. The van der Waals surface area contributed by atoms with Gasteiger partial charge in [-0.1, -0.05) is 20.8 Å². The Morgan fingerprint density at radius 1 is 1.00 bits per heavy atom. The van der Waals surface area contributed by atoms with Crippen LogP contribution in [0.3, 0.4) is 0 Å². The Kier molecular flexibility index (Phi) is 11.9. The Labute approximate surface area is 94.5 Å². The molecule has 0 rings (SSSR count). The van der Waals surface area contributed by atoms with Gasteiger partial charge in [-0.05, 0) is 31.8 Å². The van der Waals surface area contributed by atoms with Crippen molar-refractivity contribution >= 4 is 0 Å². The van der Waals surface area contributed by atoms with Crippen LogP contribution < -0.4 is 5.32 Å². The first-order chi connectivity index (χ1) is 7.31. The summed E-state index contributed by atoms with van der Waals surface area (Å²) in [5, 5.41) is 3.38. The van der Waals surface area contributed by atoms with Gasteiger partial charge in [-0.3, -0.25) is 0 Å². The molecule has 0 saturated heterocycles. The number of rotatable bonds is 11. The predicted molar refractivity (Wildman–Crippen MR) is 64.3 cm³/mol. The normalized spacial score (nSPS) is 13.0. The number of nitrogens with one attached hydrogen (secondary N) is 1. The van der Waals surface area contributed by atoms with Gasteiger partial charge in [-0.2, -0.15) is 0 Å². The van der Waals surface area contributed by atoms with Gasteiger partial charge in [0, 0.05) is 6.61 Å². The SMILES string of the molecule is CCCNCC(C)COCCOCCC. The summed E-state index contributed by atoms with van der Waals surface area (Å²) in [4.78, 5) is 0. The van der Waals surface area contributed by atoms with E-state index in [2.05, 4.69) is 26.1 Å². The van der Waals surface area contributed by atoms with E-state index in [0.29, 0.717) is 5.92 Å². The first kappa shape index (κ1) is 14.9. The van der Waals surface area contributed by atoms with Crippen molar-refractivity contribution in [1.29, 1.82) is 0 Å². The molecule has 1 unspecified atom stereocenters. The van der Waals surface area contributed by atoms with Crippen LogP contribution in [0.2, 0.25) is 0 Å². The van der Waals surface area contributed by atoms with Crippen LogP contribution in [0.1, 0.15) is 33.6 Å². The standard InChI is InChI=1S/C12H27NO2/c1-4-6-13-10-12(3)11-15-9-8-14-7-5-2/h12-13H,4-11H2,1-3H3. The van der Waals surface area contributed by atoms with Gasteiger partial charge in [0.15, 0.2) is 0 Å². The summed E-state index contributed by atoms with van der Waals surface area (Å²) in [5.41, 5.74) is 0. The highest BCUT2D eigenvalue weighted by Gasteiger charge is 2.00. The van der Waals surface area contributed by atoms with Gasteiger partial charge in [-0.15, -0.1) is 0 Å². The van der Waals surface area contributed by atoms with Gasteiger partial charge in [0.05, 0.1) is 19.8 Å². The summed E-state index contributed by atoms with van der Waals surface area (Å²) in [6, 6.07) is 0.